The summed E-state index contributed by atoms with van der Waals surface area (Å²) in [5, 5.41) is 9.27. The molecule has 0 unspecified atom stereocenters. The molecule has 0 saturated heterocycles. The molecule has 1 aromatic rings. The first-order valence-corrected chi connectivity index (χ1v) is 7.42. The Bertz CT molecular complexity index is 506. The zero-order chi connectivity index (χ0) is 14.1. The number of nitrogens with zero attached hydrogens (tertiary/aromatic N) is 1. The minimum Gasteiger partial charge on any atom is -0.489 e. The summed E-state index contributed by atoms with van der Waals surface area (Å²) in [6.45, 7) is 3.74. The van der Waals surface area contributed by atoms with Gasteiger partial charge in [0.25, 0.3) is 0 Å². The SMILES string of the molecule is CC1CCC(N2CCOc3c(C(=O)O)cccc32)CC1. The predicted octanol–water partition coefficient (Wildman–Crippen LogP) is 3.16. The summed E-state index contributed by atoms with van der Waals surface area (Å²) in [5.41, 5.74) is 1.23. The van der Waals surface area contributed by atoms with Crippen LogP contribution in [0.2, 0.25) is 0 Å². The highest BCUT2D eigenvalue weighted by Gasteiger charge is 2.30. The first kappa shape index (κ1) is 13.3. The fourth-order valence-corrected chi connectivity index (χ4v) is 3.37. The zero-order valence-electron chi connectivity index (χ0n) is 11.8. The molecule has 0 aromatic heterocycles. The third-order valence-corrected chi connectivity index (χ3v) is 4.54. The Labute approximate surface area is 119 Å². The summed E-state index contributed by atoms with van der Waals surface area (Å²) in [5.74, 6) is 0.447. The van der Waals surface area contributed by atoms with E-state index < -0.39 is 5.97 Å². The van der Waals surface area contributed by atoms with Crippen molar-refractivity contribution >= 4 is 11.7 Å². The van der Waals surface area contributed by atoms with Crippen molar-refractivity contribution in [3.63, 3.8) is 0 Å². The minimum atomic E-state index is -0.916. The van der Waals surface area contributed by atoms with Crippen molar-refractivity contribution in [2.24, 2.45) is 5.92 Å². The van der Waals surface area contributed by atoms with Gasteiger partial charge in [-0.15, -0.1) is 0 Å². The number of para-hydroxylation sites is 1. The summed E-state index contributed by atoms with van der Waals surface area (Å²) < 4.78 is 5.64. The number of carbonyl (C=O) groups is 1. The molecule has 0 spiro atoms. The lowest BCUT2D eigenvalue weighted by Crippen LogP contribution is -2.43. The molecule has 4 heteroatoms. The van der Waals surface area contributed by atoms with Gasteiger partial charge < -0.3 is 14.7 Å². The van der Waals surface area contributed by atoms with E-state index in [0.717, 1.165) is 18.2 Å². The Hall–Kier alpha value is -1.71. The number of fused-ring (bicyclic) bond motifs is 1. The Morgan fingerprint density at radius 1 is 1.30 bits per heavy atom. The summed E-state index contributed by atoms with van der Waals surface area (Å²) in [6.07, 6.45) is 4.90. The number of rotatable bonds is 2. The fraction of sp³-hybridized carbons (Fsp3) is 0.562. The van der Waals surface area contributed by atoms with Crippen LogP contribution in [0, 0.1) is 5.92 Å². The molecule has 0 radical (unpaired) electrons. The van der Waals surface area contributed by atoms with Gasteiger partial charge in [-0.05, 0) is 43.7 Å². The summed E-state index contributed by atoms with van der Waals surface area (Å²) >= 11 is 0. The lowest BCUT2D eigenvalue weighted by Gasteiger charge is -2.40. The zero-order valence-corrected chi connectivity index (χ0v) is 11.8. The van der Waals surface area contributed by atoms with Crippen LogP contribution < -0.4 is 9.64 Å². The molecular formula is C16H21NO3. The number of anilines is 1. The van der Waals surface area contributed by atoms with Gasteiger partial charge in [0.15, 0.2) is 5.75 Å². The molecule has 20 heavy (non-hydrogen) atoms. The van der Waals surface area contributed by atoms with Crippen LogP contribution in [0.5, 0.6) is 5.75 Å². The molecule has 2 aliphatic rings. The average Bonchev–Trinajstić information content (AvgIpc) is 2.47. The average molecular weight is 275 g/mol. The Morgan fingerprint density at radius 3 is 2.75 bits per heavy atom. The Morgan fingerprint density at radius 2 is 2.05 bits per heavy atom. The monoisotopic (exact) mass is 275 g/mol. The van der Waals surface area contributed by atoms with Gasteiger partial charge >= 0.3 is 5.97 Å². The third-order valence-electron chi connectivity index (χ3n) is 4.54. The second kappa shape index (κ2) is 5.35. The van der Waals surface area contributed by atoms with E-state index in [2.05, 4.69) is 11.8 Å². The number of carboxylic acids is 1. The van der Waals surface area contributed by atoms with Gasteiger partial charge in [-0.2, -0.15) is 0 Å². The van der Waals surface area contributed by atoms with Gasteiger partial charge in [-0.3, -0.25) is 0 Å². The van der Waals surface area contributed by atoms with Crippen molar-refractivity contribution in [2.75, 3.05) is 18.1 Å². The topological polar surface area (TPSA) is 49.8 Å². The number of hydrogen-bond acceptors (Lipinski definition) is 3. The molecule has 1 aromatic carbocycles. The number of hydrogen-bond donors (Lipinski definition) is 1. The van der Waals surface area contributed by atoms with Crippen LogP contribution in [0.4, 0.5) is 5.69 Å². The molecule has 1 fully saturated rings. The molecule has 3 rings (SSSR count). The smallest absolute Gasteiger partial charge is 0.339 e. The van der Waals surface area contributed by atoms with Crippen LogP contribution in [-0.4, -0.2) is 30.3 Å². The van der Waals surface area contributed by atoms with E-state index in [0.29, 0.717) is 18.4 Å². The van der Waals surface area contributed by atoms with Crippen molar-refractivity contribution in [3.8, 4) is 5.75 Å². The van der Waals surface area contributed by atoms with Gasteiger partial charge in [0.1, 0.15) is 12.2 Å². The van der Waals surface area contributed by atoms with Crippen molar-refractivity contribution < 1.29 is 14.6 Å². The lowest BCUT2D eigenvalue weighted by molar-refractivity contribution is 0.0691. The van der Waals surface area contributed by atoms with E-state index in [4.69, 9.17) is 4.74 Å². The largest absolute Gasteiger partial charge is 0.489 e. The third kappa shape index (κ3) is 2.35. The van der Waals surface area contributed by atoms with Gasteiger partial charge in [0, 0.05) is 6.04 Å². The number of aromatic carboxylic acids is 1. The number of carboxylic acid groups (broad SMARTS) is 1. The number of benzene rings is 1. The maximum Gasteiger partial charge on any atom is 0.339 e. The van der Waals surface area contributed by atoms with Crippen molar-refractivity contribution in [1.29, 1.82) is 0 Å². The van der Waals surface area contributed by atoms with Gasteiger partial charge in [-0.25, -0.2) is 4.79 Å². The first-order chi connectivity index (χ1) is 9.66. The van der Waals surface area contributed by atoms with Crippen molar-refractivity contribution in [1.82, 2.24) is 0 Å². The summed E-state index contributed by atoms with van der Waals surface area (Å²) in [7, 11) is 0. The molecule has 1 N–H and O–H groups in total. The molecule has 0 bridgehead atoms. The molecule has 1 aliphatic carbocycles. The fourth-order valence-electron chi connectivity index (χ4n) is 3.37. The molecule has 1 heterocycles. The normalized spacial score (nSPS) is 25.8. The van der Waals surface area contributed by atoms with Gasteiger partial charge in [0.2, 0.25) is 0 Å². The molecule has 108 valence electrons. The van der Waals surface area contributed by atoms with Crippen molar-refractivity contribution in [3.05, 3.63) is 23.8 Å². The highest BCUT2D eigenvalue weighted by atomic mass is 16.5. The van der Waals surface area contributed by atoms with Gasteiger partial charge in [0.05, 0.1) is 12.2 Å². The molecule has 0 atom stereocenters. The quantitative estimate of drug-likeness (QED) is 0.900. The van der Waals surface area contributed by atoms with E-state index in [1.165, 1.54) is 25.7 Å². The second-order valence-electron chi connectivity index (χ2n) is 5.91. The van der Waals surface area contributed by atoms with Crippen LogP contribution in [0.15, 0.2) is 18.2 Å². The van der Waals surface area contributed by atoms with Gasteiger partial charge in [-0.1, -0.05) is 13.0 Å². The summed E-state index contributed by atoms with van der Waals surface area (Å²) in [6, 6.07) is 5.94. The van der Waals surface area contributed by atoms with E-state index in [9.17, 15) is 9.90 Å². The maximum atomic E-state index is 11.3. The molecule has 0 amide bonds. The highest BCUT2D eigenvalue weighted by Crippen LogP contribution is 2.39. The molecular weight excluding hydrogens is 254 g/mol. The highest BCUT2D eigenvalue weighted by molar-refractivity contribution is 5.93. The first-order valence-electron chi connectivity index (χ1n) is 7.42. The van der Waals surface area contributed by atoms with Crippen LogP contribution in [-0.2, 0) is 0 Å². The van der Waals surface area contributed by atoms with E-state index >= 15 is 0 Å². The standard InChI is InChI=1S/C16H21NO3/c1-11-5-7-12(8-6-11)17-9-10-20-15-13(16(18)19)3-2-4-14(15)17/h2-4,11-12H,5-10H2,1H3,(H,18,19). The lowest BCUT2D eigenvalue weighted by atomic mass is 9.86. The molecule has 1 aliphatic heterocycles. The Kier molecular flexibility index (Phi) is 3.55. The van der Waals surface area contributed by atoms with Crippen LogP contribution in [0.3, 0.4) is 0 Å². The van der Waals surface area contributed by atoms with Crippen LogP contribution in [0.25, 0.3) is 0 Å². The maximum absolute atomic E-state index is 11.3. The predicted molar refractivity (Wildman–Crippen MR) is 77.7 cm³/mol. The molecule has 1 saturated carbocycles. The Balaban J connectivity index is 1.90. The van der Waals surface area contributed by atoms with Crippen molar-refractivity contribution in [2.45, 2.75) is 38.6 Å². The van der Waals surface area contributed by atoms with E-state index in [-0.39, 0.29) is 5.56 Å². The summed E-state index contributed by atoms with van der Waals surface area (Å²) in [4.78, 5) is 13.7. The minimum absolute atomic E-state index is 0.274. The van der Waals surface area contributed by atoms with E-state index in [1.54, 1.807) is 6.07 Å². The second-order valence-corrected chi connectivity index (χ2v) is 5.91. The van der Waals surface area contributed by atoms with Crippen LogP contribution >= 0.6 is 0 Å². The van der Waals surface area contributed by atoms with E-state index in [1.807, 2.05) is 12.1 Å². The van der Waals surface area contributed by atoms with Crippen LogP contribution in [0.1, 0.15) is 43.0 Å². The molecule has 4 nitrogen and oxygen atoms in total. The number of ether oxygens (including phenoxy) is 1.